The molecule has 3 saturated carbocycles. The van der Waals surface area contributed by atoms with Gasteiger partial charge in [0.25, 0.3) is 0 Å². The maximum atomic E-state index is 13.3. The molecule has 0 aromatic heterocycles. The van der Waals surface area contributed by atoms with E-state index < -0.39 is 6.10 Å². The lowest BCUT2D eigenvalue weighted by atomic mass is 9.47. The number of Topliss-reactive ketones (excluding diaryl/α,β-unsaturated/α-hetero) is 1. The molecule has 0 aromatic carbocycles. The topological polar surface area (TPSA) is 89.6 Å². The first-order valence-corrected chi connectivity index (χ1v) is 13.3. The first-order chi connectivity index (χ1) is 16.6. The van der Waals surface area contributed by atoms with Crippen molar-refractivity contribution in [2.24, 2.45) is 40.2 Å². The van der Waals surface area contributed by atoms with E-state index >= 15 is 0 Å². The van der Waals surface area contributed by atoms with Gasteiger partial charge in [0.2, 0.25) is 0 Å². The number of ketones is 1. The van der Waals surface area contributed by atoms with Gasteiger partial charge in [-0.2, -0.15) is 0 Å². The molecule has 0 spiro atoms. The molecule has 3 aliphatic carbocycles. The molecule has 0 bridgehead atoms. The molecule has 0 heterocycles. The molecule has 7 atom stereocenters. The Balaban J connectivity index is 1.69. The van der Waals surface area contributed by atoms with E-state index in [9.17, 15) is 14.7 Å². The zero-order valence-electron chi connectivity index (χ0n) is 21.9. The van der Waals surface area contributed by atoms with Crippen molar-refractivity contribution in [3.8, 4) is 0 Å². The van der Waals surface area contributed by atoms with Crippen molar-refractivity contribution < 1.29 is 19.4 Å². The number of hydrogen-bond donors (Lipinski definition) is 2. The summed E-state index contributed by atoms with van der Waals surface area (Å²) in [5, 5.41) is 11.5. The summed E-state index contributed by atoms with van der Waals surface area (Å²) in [6, 6.07) is 0. The average molecular weight is 484 g/mol. The Morgan fingerprint density at radius 2 is 1.91 bits per heavy atom. The van der Waals surface area contributed by atoms with Crippen LogP contribution in [0.15, 0.2) is 48.4 Å². The Hall–Kier alpha value is -2.14. The van der Waals surface area contributed by atoms with Gasteiger partial charge in [-0.1, -0.05) is 44.7 Å². The van der Waals surface area contributed by atoms with Crippen molar-refractivity contribution in [2.75, 3.05) is 6.61 Å². The summed E-state index contributed by atoms with van der Waals surface area (Å²) in [6.07, 6.45) is 13.9. The third-order valence-corrected chi connectivity index (χ3v) is 9.38. The highest BCUT2D eigenvalue weighted by molar-refractivity contribution is 5.83. The quantitative estimate of drug-likeness (QED) is 0.130. The Kier molecular flexibility index (Phi) is 8.85. The lowest BCUT2D eigenvalue weighted by Crippen LogP contribution is -2.56. The van der Waals surface area contributed by atoms with E-state index in [-0.39, 0.29) is 35.1 Å². The average Bonchev–Trinajstić information content (AvgIpc) is 3.13. The molecule has 0 aliphatic heterocycles. The molecule has 0 aromatic rings. The monoisotopic (exact) mass is 483 g/mol. The number of aliphatic hydroxyl groups excluding tert-OH is 1. The van der Waals surface area contributed by atoms with Gasteiger partial charge in [-0.05, 0) is 81.6 Å². The van der Waals surface area contributed by atoms with Crippen LogP contribution < -0.4 is 5.73 Å². The molecule has 0 radical (unpaired) electrons. The highest BCUT2D eigenvalue weighted by atomic mass is 16.5. The number of aliphatic hydroxyl groups is 1. The minimum Gasteiger partial charge on any atom is -0.491 e. The maximum absolute atomic E-state index is 13.3. The minimum absolute atomic E-state index is 0.0576. The molecular formula is C30H45NO4. The van der Waals surface area contributed by atoms with Gasteiger partial charge >= 0.3 is 0 Å². The van der Waals surface area contributed by atoms with E-state index in [1.165, 1.54) is 0 Å². The Labute approximate surface area is 211 Å². The van der Waals surface area contributed by atoms with Crippen LogP contribution in [0, 0.1) is 34.5 Å². The van der Waals surface area contributed by atoms with Gasteiger partial charge in [0.15, 0.2) is 5.78 Å². The second kappa shape index (κ2) is 11.3. The zero-order valence-corrected chi connectivity index (χ0v) is 21.9. The molecule has 5 nitrogen and oxygen atoms in total. The fraction of sp³-hybridized carbons (Fsp3) is 0.667. The fourth-order valence-corrected chi connectivity index (χ4v) is 7.86. The van der Waals surface area contributed by atoms with Crippen LogP contribution in [-0.4, -0.2) is 29.9 Å². The van der Waals surface area contributed by atoms with Gasteiger partial charge in [-0.3, -0.25) is 9.59 Å². The van der Waals surface area contributed by atoms with E-state index in [4.69, 9.17) is 10.5 Å². The predicted octanol–water partition coefficient (Wildman–Crippen LogP) is 5.65. The summed E-state index contributed by atoms with van der Waals surface area (Å²) in [5.41, 5.74) is 6.85. The van der Waals surface area contributed by atoms with Crippen LogP contribution in [0.4, 0.5) is 0 Å². The molecule has 5 heteroatoms. The largest absolute Gasteiger partial charge is 0.491 e. The molecule has 0 saturated heterocycles. The van der Waals surface area contributed by atoms with Gasteiger partial charge < -0.3 is 15.6 Å². The number of unbranched alkanes of at least 4 members (excludes halogenated alkanes) is 1. The van der Waals surface area contributed by atoms with Crippen LogP contribution >= 0.6 is 0 Å². The van der Waals surface area contributed by atoms with Crippen molar-refractivity contribution in [1.29, 1.82) is 0 Å². The van der Waals surface area contributed by atoms with Crippen molar-refractivity contribution in [3.05, 3.63) is 48.4 Å². The Morgan fingerprint density at radius 3 is 2.57 bits per heavy atom. The van der Waals surface area contributed by atoms with Crippen LogP contribution in [0.3, 0.4) is 0 Å². The molecular weight excluding hydrogens is 438 g/mol. The van der Waals surface area contributed by atoms with Gasteiger partial charge in [0.05, 0.1) is 11.9 Å². The maximum Gasteiger partial charge on any atom is 0.173 e. The number of nitrogens with two attached hydrogens (primary N) is 1. The highest BCUT2D eigenvalue weighted by Crippen LogP contribution is 2.65. The smallest absolute Gasteiger partial charge is 0.173 e. The minimum atomic E-state index is -0.514. The van der Waals surface area contributed by atoms with Crippen molar-refractivity contribution >= 4 is 12.1 Å². The first kappa shape index (κ1) is 27.4. The van der Waals surface area contributed by atoms with E-state index in [0.717, 1.165) is 56.8 Å². The standard InChI is InChI=1S/C30H45NO4/c1-6-16-29(4)22(15-17-32)11-12-23-24-13-14-25(30(24,5)18-26(33)28(23)29)27(34)19-35-21(3)10-8-7-9-20(2)31/h6,15-17,23-26,28,33H,2-3,7-14,18-19,31H2,1,4-5H3/b16-6-,22-15-/t23?,24?,25-,26?,28?,29?,30?/m1/s1. The van der Waals surface area contributed by atoms with Gasteiger partial charge in [0, 0.05) is 29.4 Å². The number of carbonyl (C=O) groups is 2. The summed E-state index contributed by atoms with van der Waals surface area (Å²) in [4.78, 5) is 24.7. The Bertz CT molecular complexity index is 889. The van der Waals surface area contributed by atoms with E-state index in [0.29, 0.717) is 36.1 Å². The second-order valence-electron chi connectivity index (χ2n) is 11.5. The molecule has 3 rings (SSSR count). The van der Waals surface area contributed by atoms with Gasteiger partial charge in [0.1, 0.15) is 12.9 Å². The van der Waals surface area contributed by atoms with Crippen molar-refractivity contribution in [3.63, 3.8) is 0 Å². The number of allylic oxidation sites excluding steroid dienone is 6. The SMILES string of the molecule is C=C(N)CCCCC(=C)OCC(=O)[C@H]1CCC2C3CC/C(=C/C=O)C(C)(/C=C\C)C3C(O)CC21C. The van der Waals surface area contributed by atoms with Crippen LogP contribution in [0.25, 0.3) is 0 Å². The molecule has 35 heavy (non-hydrogen) atoms. The van der Waals surface area contributed by atoms with E-state index in [1.54, 1.807) is 6.08 Å². The molecule has 3 fully saturated rings. The summed E-state index contributed by atoms with van der Waals surface area (Å²) in [5.74, 6) is 1.46. The van der Waals surface area contributed by atoms with Crippen LogP contribution in [0.1, 0.15) is 78.6 Å². The number of aldehydes is 1. The molecule has 6 unspecified atom stereocenters. The third kappa shape index (κ3) is 5.50. The highest BCUT2D eigenvalue weighted by Gasteiger charge is 2.62. The molecule has 0 amide bonds. The molecule has 194 valence electrons. The lowest BCUT2D eigenvalue weighted by molar-refractivity contribution is -0.141. The van der Waals surface area contributed by atoms with Crippen LogP contribution in [0.5, 0.6) is 0 Å². The molecule has 3 N–H and O–H groups in total. The van der Waals surface area contributed by atoms with Crippen LogP contribution in [0.2, 0.25) is 0 Å². The summed E-state index contributed by atoms with van der Waals surface area (Å²) >= 11 is 0. The zero-order chi connectivity index (χ0) is 25.8. The normalized spacial score (nSPS) is 37.6. The lowest BCUT2D eigenvalue weighted by Gasteiger charge is -2.58. The van der Waals surface area contributed by atoms with E-state index in [2.05, 4.69) is 33.1 Å². The van der Waals surface area contributed by atoms with Crippen molar-refractivity contribution in [2.45, 2.75) is 84.7 Å². The Morgan fingerprint density at radius 1 is 1.20 bits per heavy atom. The number of ether oxygens (including phenoxy) is 1. The third-order valence-electron chi connectivity index (χ3n) is 9.38. The molecule has 3 aliphatic rings. The fourth-order valence-electron chi connectivity index (χ4n) is 7.86. The number of rotatable bonds is 11. The van der Waals surface area contributed by atoms with Gasteiger partial charge in [-0.15, -0.1) is 0 Å². The number of fused-ring (bicyclic) bond motifs is 3. The van der Waals surface area contributed by atoms with E-state index in [1.807, 2.05) is 13.0 Å². The second-order valence-corrected chi connectivity index (χ2v) is 11.5. The summed E-state index contributed by atoms with van der Waals surface area (Å²) in [7, 11) is 0. The summed E-state index contributed by atoms with van der Waals surface area (Å²) in [6.45, 7) is 14.1. The van der Waals surface area contributed by atoms with Gasteiger partial charge in [-0.25, -0.2) is 0 Å². The summed E-state index contributed by atoms with van der Waals surface area (Å²) < 4.78 is 5.78. The first-order valence-electron chi connectivity index (χ1n) is 13.3. The number of hydrogen-bond acceptors (Lipinski definition) is 5. The van der Waals surface area contributed by atoms with Crippen molar-refractivity contribution in [1.82, 2.24) is 0 Å². The van der Waals surface area contributed by atoms with Crippen LogP contribution in [-0.2, 0) is 14.3 Å². The predicted molar refractivity (Wildman–Crippen MR) is 140 cm³/mol. The number of carbonyl (C=O) groups excluding carboxylic acids is 2.